The first-order valence-electron chi connectivity index (χ1n) is 4.80. The zero-order chi connectivity index (χ0) is 12.4. The van der Waals surface area contributed by atoms with Crippen LogP contribution in [0, 0.1) is 22.5 Å². The summed E-state index contributed by atoms with van der Waals surface area (Å²) in [4.78, 5) is 10.4. The molecule has 0 saturated heterocycles. The molecule has 6 heteroatoms. The van der Waals surface area contributed by atoms with Crippen molar-refractivity contribution >= 4 is 16.6 Å². The molecule has 0 N–H and O–H groups in total. The van der Waals surface area contributed by atoms with Crippen LogP contribution in [0.4, 0.5) is 5.69 Å². The molecule has 1 aromatic carbocycles. The number of nitro groups is 1. The predicted molar refractivity (Wildman–Crippen MR) is 61.7 cm³/mol. The van der Waals surface area contributed by atoms with Crippen LogP contribution in [0.2, 0.25) is 0 Å². The lowest BCUT2D eigenvalue weighted by Crippen LogP contribution is -1.98. The first-order valence-corrected chi connectivity index (χ1v) is 4.80. The Morgan fingerprint density at radius 2 is 2.41 bits per heavy atom. The first kappa shape index (κ1) is 11.0. The van der Waals surface area contributed by atoms with E-state index < -0.39 is 4.92 Å². The zero-order valence-corrected chi connectivity index (χ0v) is 9.08. The smallest absolute Gasteiger partial charge is 0.311 e. The van der Waals surface area contributed by atoms with Gasteiger partial charge >= 0.3 is 5.69 Å². The van der Waals surface area contributed by atoms with E-state index in [1.807, 2.05) is 0 Å². The van der Waals surface area contributed by atoms with Crippen LogP contribution in [0.1, 0.15) is 0 Å². The number of terminal acetylenes is 1. The summed E-state index contributed by atoms with van der Waals surface area (Å²) in [6.45, 7) is -0.0147. The minimum atomic E-state index is -0.502. The van der Waals surface area contributed by atoms with E-state index in [1.165, 1.54) is 12.1 Å². The zero-order valence-electron chi connectivity index (χ0n) is 9.08. The molecular weight excluding hydrogens is 222 g/mol. The summed E-state index contributed by atoms with van der Waals surface area (Å²) < 4.78 is 6.72. The molecule has 0 aliphatic heterocycles. The number of nitro benzene ring substituents is 1. The minimum absolute atomic E-state index is 0.0147. The molecule has 0 aliphatic carbocycles. The molecule has 17 heavy (non-hydrogen) atoms. The van der Waals surface area contributed by atoms with Gasteiger partial charge in [0.1, 0.15) is 6.61 Å². The Balaban J connectivity index is 2.58. The number of aromatic nitrogens is 2. The minimum Gasteiger partial charge on any atom is -0.474 e. The van der Waals surface area contributed by atoms with E-state index in [2.05, 4.69) is 11.0 Å². The van der Waals surface area contributed by atoms with Crippen LogP contribution in [0.15, 0.2) is 18.3 Å². The van der Waals surface area contributed by atoms with Gasteiger partial charge in [-0.2, -0.15) is 5.10 Å². The van der Waals surface area contributed by atoms with Crippen molar-refractivity contribution in [2.24, 2.45) is 7.05 Å². The SMILES string of the molecule is C#CCOc1cc2nn(C)cc2cc1[N+](=O)[O-]. The molecule has 1 heterocycles. The standard InChI is InChI=1S/C11H9N3O3/c1-3-4-17-11-6-9-8(7-13(2)12-9)5-10(11)14(15)16/h1,5-7H,4H2,2H3. The Bertz CT molecular complexity index is 625. The van der Waals surface area contributed by atoms with Gasteiger partial charge in [-0.05, 0) is 0 Å². The monoisotopic (exact) mass is 231 g/mol. The van der Waals surface area contributed by atoms with Crippen molar-refractivity contribution in [2.45, 2.75) is 0 Å². The van der Waals surface area contributed by atoms with E-state index in [1.54, 1.807) is 17.9 Å². The van der Waals surface area contributed by atoms with Crippen molar-refractivity contribution < 1.29 is 9.66 Å². The lowest BCUT2D eigenvalue weighted by Gasteiger charge is -2.02. The van der Waals surface area contributed by atoms with Gasteiger partial charge in [0.05, 0.1) is 10.4 Å². The Morgan fingerprint density at radius 1 is 1.65 bits per heavy atom. The van der Waals surface area contributed by atoms with E-state index in [0.29, 0.717) is 10.9 Å². The van der Waals surface area contributed by atoms with E-state index in [9.17, 15) is 10.1 Å². The highest BCUT2D eigenvalue weighted by Gasteiger charge is 2.17. The number of hydrogen-bond acceptors (Lipinski definition) is 4. The maximum Gasteiger partial charge on any atom is 0.311 e. The predicted octanol–water partition coefficient (Wildman–Crippen LogP) is 1.49. The van der Waals surface area contributed by atoms with E-state index in [-0.39, 0.29) is 18.0 Å². The number of rotatable bonds is 3. The average Bonchev–Trinajstić information content (AvgIpc) is 2.63. The molecule has 0 radical (unpaired) electrons. The summed E-state index contributed by atoms with van der Waals surface area (Å²) in [6, 6.07) is 2.94. The van der Waals surface area contributed by atoms with Gasteiger partial charge in [-0.1, -0.05) is 5.92 Å². The summed E-state index contributed by atoms with van der Waals surface area (Å²) >= 11 is 0. The summed E-state index contributed by atoms with van der Waals surface area (Å²) in [5, 5.41) is 15.7. The fraction of sp³-hybridized carbons (Fsp3) is 0.182. The Labute approximate surface area is 96.9 Å². The number of hydrogen-bond donors (Lipinski definition) is 0. The molecule has 0 unspecified atom stereocenters. The third-order valence-electron chi connectivity index (χ3n) is 2.21. The van der Waals surface area contributed by atoms with Gasteiger partial charge in [-0.15, -0.1) is 6.42 Å². The van der Waals surface area contributed by atoms with Crippen LogP contribution in [-0.2, 0) is 7.05 Å². The summed E-state index contributed by atoms with van der Waals surface area (Å²) in [5.74, 6) is 2.40. The quantitative estimate of drug-likeness (QED) is 0.456. The number of benzene rings is 1. The number of ether oxygens (including phenoxy) is 1. The number of nitrogens with zero attached hydrogens (tertiary/aromatic N) is 3. The van der Waals surface area contributed by atoms with Crippen molar-refractivity contribution in [3.05, 3.63) is 28.4 Å². The van der Waals surface area contributed by atoms with Gasteiger partial charge < -0.3 is 4.74 Å². The van der Waals surface area contributed by atoms with Gasteiger partial charge in [0.25, 0.3) is 0 Å². The Morgan fingerprint density at radius 3 is 3.06 bits per heavy atom. The maximum absolute atomic E-state index is 10.9. The van der Waals surface area contributed by atoms with Gasteiger partial charge in [-0.25, -0.2) is 0 Å². The summed E-state index contributed by atoms with van der Waals surface area (Å²) in [6.07, 6.45) is 6.76. The van der Waals surface area contributed by atoms with Crippen molar-refractivity contribution in [3.8, 4) is 18.1 Å². The molecule has 2 rings (SSSR count). The lowest BCUT2D eigenvalue weighted by atomic mass is 10.2. The third kappa shape index (κ3) is 2.03. The van der Waals surface area contributed by atoms with Crippen LogP contribution in [-0.4, -0.2) is 21.3 Å². The fourth-order valence-corrected chi connectivity index (χ4v) is 1.54. The normalized spacial score (nSPS) is 10.1. The summed E-state index contributed by atoms with van der Waals surface area (Å²) in [7, 11) is 1.74. The third-order valence-corrected chi connectivity index (χ3v) is 2.21. The largest absolute Gasteiger partial charge is 0.474 e. The first-order chi connectivity index (χ1) is 8.11. The molecule has 0 fully saturated rings. The second-order valence-corrected chi connectivity index (χ2v) is 3.43. The molecule has 1 aromatic heterocycles. The molecule has 0 spiro atoms. The molecule has 0 atom stereocenters. The van der Waals surface area contributed by atoms with Crippen LogP contribution in [0.3, 0.4) is 0 Å². The van der Waals surface area contributed by atoms with Crippen LogP contribution in [0.5, 0.6) is 5.75 Å². The molecule has 6 nitrogen and oxygen atoms in total. The highest BCUT2D eigenvalue weighted by molar-refractivity contribution is 5.83. The van der Waals surface area contributed by atoms with E-state index in [0.717, 1.165) is 0 Å². The molecule has 0 amide bonds. The van der Waals surface area contributed by atoms with Crippen molar-refractivity contribution in [3.63, 3.8) is 0 Å². The van der Waals surface area contributed by atoms with Crippen LogP contribution in [0.25, 0.3) is 10.9 Å². The molecule has 2 aromatic rings. The Hall–Kier alpha value is -2.55. The Kier molecular flexibility index (Phi) is 2.66. The van der Waals surface area contributed by atoms with E-state index >= 15 is 0 Å². The van der Waals surface area contributed by atoms with Crippen molar-refractivity contribution in [1.29, 1.82) is 0 Å². The van der Waals surface area contributed by atoms with E-state index in [4.69, 9.17) is 11.2 Å². The highest BCUT2D eigenvalue weighted by Crippen LogP contribution is 2.31. The van der Waals surface area contributed by atoms with Gasteiger partial charge in [0.2, 0.25) is 0 Å². The van der Waals surface area contributed by atoms with Crippen LogP contribution >= 0.6 is 0 Å². The second-order valence-electron chi connectivity index (χ2n) is 3.43. The number of aryl methyl sites for hydroxylation is 1. The number of fused-ring (bicyclic) bond motifs is 1. The van der Waals surface area contributed by atoms with Gasteiger partial charge in [0, 0.05) is 30.8 Å². The molecular formula is C11H9N3O3. The maximum atomic E-state index is 10.9. The molecule has 0 saturated carbocycles. The lowest BCUT2D eigenvalue weighted by molar-refractivity contribution is -0.385. The van der Waals surface area contributed by atoms with Gasteiger partial charge in [-0.3, -0.25) is 14.8 Å². The van der Waals surface area contributed by atoms with Gasteiger partial charge in [0.15, 0.2) is 5.75 Å². The topological polar surface area (TPSA) is 70.2 Å². The fourth-order valence-electron chi connectivity index (χ4n) is 1.54. The molecule has 86 valence electrons. The van der Waals surface area contributed by atoms with Crippen molar-refractivity contribution in [1.82, 2.24) is 9.78 Å². The van der Waals surface area contributed by atoms with Crippen LogP contribution < -0.4 is 4.74 Å². The second kappa shape index (κ2) is 4.14. The molecule has 0 aliphatic rings. The molecule has 0 bridgehead atoms. The average molecular weight is 231 g/mol. The summed E-state index contributed by atoms with van der Waals surface area (Å²) in [5.41, 5.74) is 0.519. The van der Waals surface area contributed by atoms with Crippen molar-refractivity contribution in [2.75, 3.05) is 6.61 Å². The highest BCUT2D eigenvalue weighted by atomic mass is 16.6.